The maximum Gasteiger partial charge on any atom is 0.325 e. The third-order valence-electron chi connectivity index (χ3n) is 5.42. The average Bonchev–Trinajstić information content (AvgIpc) is 3.22. The number of hydrogen-bond donors (Lipinski definition) is 2. The predicted molar refractivity (Wildman–Crippen MR) is 100 cm³/mol. The van der Waals surface area contributed by atoms with Crippen molar-refractivity contribution in [1.82, 2.24) is 15.5 Å². The number of benzene rings is 1. The van der Waals surface area contributed by atoms with Gasteiger partial charge in [0.1, 0.15) is 18.8 Å². The first kappa shape index (κ1) is 18.4. The Hall–Kier alpha value is -1.99. The molecule has 2 aliphatic heterocycles. The molecule has 1 spiro atoms. The van der Waals surface area contributed by atoms with E-state index >= 15 is 0 Å². The van der Waals surface area contributed by atoms with Crippen molar-refractivity contribution in [1.29, 1.82) is 0 Å². The van der Waals surface area contributed by atoms with E-state index in [4.69, 9.17) is 21.1 Å². The van der Waals surface area contributed by atoms with Crippen molar-refractivity contribution in [3.8, 4) is 11.5 Å². The number of nitrogens with one attached hydrogen (secondary N) is 2. The van der Waals surface area contributed by atoms with Gasteiger partial charge in [-0.05, 0) is 43.5 Å². The highest BCUT2D eigenvalue weighted by Crippen LogP contribution is 2.38. The molecule has 1 aliphatic carbocycles. The smallest absolute Gasteiger partial charge is 0.325 e. The van der Waals surface area contributed by atoms with Crippen molar-refractivity contribution < 1.29 is 19.1 Å². The van der Waals surface area contributed by atoms with Gasteiger partial charge in [0.25, 0.3) is 5.91 Å². The van der Waals surface area contributed by atoms with Crippen molar-refractivity contribution in [2.24, 2.45) is 0 Å². The van der Waals surface area contributed by atoms with Crippen LogP contribution in [0.15, 0.2) is 12.1 Å². The monoisotopic (exact) mass is 393 g/mol. The molecule has 3 aliphatic rings. The van der Waals surface area contributed by atoms with Crippen LogP contribution >= 0.6 is 11.6 Å². The van der Waals surface area contributed by atoms with E-state index in [0.29, 0.717) is 55.8 Å². The Labute approximate surface area is 163 Å². The summed E-state index contributed by atoms with van der Waals surface area (Å²) in [5.41, 5.74) is 0.385. The second-order valence-electron chi connectivity index (χ2n) is 7.31. The number of hydrogen-bond acceptors (Lipinski definition) is 5. The molecule has 0 atom stereocenters. The molecule has 2 heterocycles. The van der Waals surface area contributed by atoms with Crippen LogP contribution in [0.1, 0.15) is 37.7 Å². The average molecular weight is 394 g/mol. The van der Waals surface area contributed by atoms with Gasteiger partial charge in [0.15, 0.2) is 11.5 Å². The van der Waals surface area contributed by atoms with Crippen LogP contribution in [0.2, 0.25) is 5.02 Å². The number of carbonyl (C=O) groups is 2. The first-order valence-corrected chi connectivity index (χ1v) is 9.90. The second kappa shape index (κ2) is 7.56. The van der Waals surface area contributed by atoms with E-state index in [0.717, 1.165) is 31.2 Å². The van der Waals surface area contributed by atoms with E-state index in [1.54, 1.807) is 0 Å². The third kappa shape index (κ3) is 3.58. The first-order valence-electron chi connectivity index (χ1n) is 9.52. The number of amides is 3. The van der Waals surface area contributed by atoms with Gasteiger partial charge >= 0.3 is 6.03 Å². The van der Waals surface area contributed by atoms with Crippen LogP contribution in [0, 0.1) is 0 Å². The summed E-state index contributed by atoms with van der Waals surface area (Å²) in [6.45, 7) is 2.78. The van der Waals surface area contributed by atoms with Crippen LogP contribution in [-0.2, 0) is 11.3 Å². The van der Waals surface area contributed by atoms with E-state index < -0.39 is 5.54 Å². The van der Waals surface area contributed by atoms with Crippen molar-refractivity contribution in [3.05, 3.63) is 22.7 Å². The number of fused-ring (bicyclic) bond motifs is 1. The largest absolute Gasteiger partial charge is 0.486 e. The number of imide groups is 1. The molecule has 0 radical (unpaired) electrons. The summed E-state index contributed by atoms with van der Waals surface area (Å²) in [6.07, 6.45) is 4.22. The number of ether oxygens (including phenoxy) is 2. The van der Waals surface area contributed by atoms with Gasteiger partial charge in [-0.3, -0.25) is 9.69 Å². The third-order valence-corrected chi connectivity index (χ3v) is 5.70. The summed E-state index contributed by atoms with van der Waals surface area (Å²) in [4.78, 5) is 26.1. The number of nitrogens with zero attached hydrogens (tertiary/aromatic N) is 1. The van der Waals surface area contributed by atoms with E-state index in [1.165, 1.54) is 4.90 Å². The highest BCUT2D eigenvalue weighted by Gasteiger charge is 2.51. The fourth-order valence-corrected chi connectivity index (χ4v) is 4.35. The number of halogens is 1. The molecular weight excluding hydrogens is 370 g/mol. The molecule has 0 bridgehead atoms. The van der Waals surface area contributed by atoms with Gasteiger partial charge in [0.05, 0.1) is 5.02 Å². The van der Waals surface area contributed by atoms with Crippen LogP contribution < -0.4 is 20.1 Å². The topological polar surface area (TPSA) is 79.9 Å². The van der Waals surface area contributed by atoms with E-state index in [9.17, 15) is 9.59 Å². The lowest BCUT2D eigenvalue weighted by Gasteiger charge is -2.20. The molecule has 1 saturated heterocycles. The Morgan fingerprint density at radius 1 is 1.19 bits per heavy atom. The van der Waals surface area contributed by atoms with Gasteiger partial charge in [0, 0.05) is 13.1 Å². The van der Waals surface area contributed by atoms with Crippen molar-refractivity contribution in [3.63, 3.8) is 0 Å². The highest BCUT2D eigenvalue weighted by atomic mass is 35.5. The first-order chi connectivity index (χ1) is 13.1. The minimum atomic E-state index is -0.619. The molecule has 0 unspecified atom stereocenters. The van der Waals surface area contributed by atoms with Crippen molar-refractivity contribution in [2.75, 3.05) is 26.3 Å². The lowest BCUT2D eigenvalue weighted by atomic mass is 9.98. The number of urea groups is 1. The molecular formula is C19H24ClN3O4. The summed E-state index contributed by atoms with van der Waals surface area (Å²) in [5.74, 6) is 1.22. The fourth-order valence-electron chi connectivity index (χ4n) is 4.06. The van der Waals surface area contributed by atoms with Gasteiger partial charge in [-0.25, -0.2) is 4.79 Å². The maximum absolute atomic E-state index is 12.6. The summed E-state index contributed by atoms with van der Waals surface area (Å²) >= 11 is 6.24. The molecule has 1 saturated carbocycles. The lowest BCUT2D eigenvalue weighted by Crippen LogP contribution is -2.44. The van der Waals surface area contributed by atoms with Crippen LogP contribution in [0.5, 0.6) is 11.5 Å². The zero-order valence-electron chi connectivity index (χ0n) is 15.2. The summed E-state index contributed by atoms with van der Waals surface area (Å²) in [5, 5.41) is 6.78. The van der Waals surface area contributed by atoms with Gasteiger partial charge in [-0.2, -0.15) is 0 Å². The summed E-state index contributed by atoms with van der Waals surface area (Å²) < 4.78 is 11.1. The Morgan fingerprint density at radius 2 is 1.96 bits per heavy atom. The summed E-state index contributed by atoms with van der Waals surface area (Å²) in [6, 6.07) is 3.54. The van der Waals surface area contributed by atoms with Crippen molar-refractivity contribution >= 4 is 23.5 Å². The quantitative estimate of drug-likeness (QED) is 0.573. The van der Waals surface area contributed by atoms with E-state index in [-0.39, 0.29) is 11.9 Å². The SMILES string of the molecule is O=C1NC2(CCCC2)C(=O)N1CCCNCc1cc(Cl)c2c(c1)OCCO2. The molecule has 8 heteroatoms. The van der Waals surface area contributed by atoms with Gasteiger partial charge in [0.2, 0.25) is 0 Å². The molecule has 2 N–H and O–H groups in total. The highest BCUT2D eigenvalue weighted by molar-refractivity contribution is 6.32. The zero-order chi connectivity index (χ0) is 18.9. The Kier molecular flexibility index (Phi) is 5.14. The number of rotatable bonds is 6. The van der Waals surface area contributed by atoms with Gasteiger partial charge < -0.3 is 20.1 Å². The minimum Gasteiger partial charge on any atom is -0.486 e. The molecule has 27 heavy (non-hydrogen) atoms. The molecule has 1 aromatic rings. The molecule has 1 aromatic carbocycles. The van der Waals surface area contributed by atoms with Crippen molar-refractivity contribution in [2.45, 2.75) is 44.2 Å². The zero-order valence-corrected chi connectivity index (χ0v) is 15.9. The summed E-state index contributed by atoms with van der Waals surface area (Å²) in [7, 11) is 0. The van der Waals surface area contributed by atoms with Crippen LogP contribution in [0.25, 0.3) is 0 Å². The van der Waals surface area contributed by atoms with E-state index in [2.05, 4.69) is 10.6 Å². The van der Waals surface area contributed by atoms with Gasteiger partial charge in [-0.15, -0.1) is 0 Å². The Balaban J connectivity index is 1.25. The molecule has 2 fully saturated rings. The Bertz CT molecular complexity index is 749. The van der Waals surface area contributed by atoms with Crippen LogP contribution in [-0.4, -0.2) is 48.7 Å². The van der Waals surface area contributed by atoms with E-state index in [1.807, 2.05) is 12.1 Å². The standard InChI is InChI=1S/C19H24ClN3O4/c20-14-10-13(11-15-16(14)27-9-8-26-15)12-21-6-3-7-23-17(24)19(22-18(23)25)4-1-2-5-19/h10-11,21H,1-9,12H2,(H,22,25). The van der Waals surface area contributed by atoms with Crippen LogP contribution in [0.4, 0.5) is 4.79 Å². The van der Waals surface area contributed by atoms with Gasteiger partial charge in [-0.1, -0.05) is 24.4 Å². The lowest BCUT2D eigenvalue weighted by molar-refractivity contribution is -0.131. The Morgan fingerprint density at radius 3 is 2.78 bits per heavy atom. The maximum atomic E-state index is 12.6. The predicted octanol–water partition coefficient (Wildman–Crippen LogP) is 2.46. The fraction of sp³-hybridized carbons (Fsp3) is 0.579. The minimum absolute atomic E-state index is 0.0522. The molecule has 3 amide bonds. The second-order valence-corrected chi connectivity index (χ2v) is 7.72. The molecule has 146 valence electrons. The number of carbonyl (C=O) groups excluding carboxylic acids is 2. The molecule has 0 aromatic heterocycles. The normalized spacial score (nSPS) is 20.4. The molecule has 4 rings (SSSR count). The molecule has 7 nitrogen and oxygen atoms in total. The van der Waals surface area contributed by atoms with Crippen LogP contribution in [0.3, 0.4) is 0 Å².